The maximum Gasteiger partial charge on any atom is 0.491 e. The van der Waals surface area contributed by atoms with Crippen LogP contribution in [0.4, 0.5) is 13.2 Å². The molecule has 1 aromatic rings. The molecular weight excluding hydrogens is 390 g/mol. The van der Waals surface area contributed by atoms with E-state index < -0.39 is 30.1 Å². The lowest BCUT2D eigenvalue weighted by Crippen LogP contribution is -2.41. The van der Waals surface area contributed by atoms with Crippen molar-refractivity contribution < 1.29 is 27.3 Å². The predicted molar refractivity (Wildman–Crippen MR) is 103 cm³/mol. The molecule has 0 radical (unpaired) electrons. The fraction of sp³-hybridized carbons (Fsp3) is 0.474. The molecule has 0 atom stereocenters. The number of hydrogen-bond donors (Lipinski definition) is 0. The second-order valence-electron chi connectivity index (χ2n) is 7.54. The Morgan fingerprint density at radius 3 is 2.25 bits per heavy atom. The summed E-state index contributed by atoms with van der Waals surface area (Å²) in [5.74, 6) is 0.199. The van der Waals surface area contributed by atoms with E-state index in [2.05, 4.69) is 0 Å². The van der Waals surface area contributed by atoms with E-state index in [1.54, 1.807) is 6.07 Å². The van der Waals surface area contributed by atoms with Crippen LogP contribution >= 0.6 is 11.8 Å². The van der Waals surface area contributed by atoms with Gasteiger partial charge in [0.25, 0.3) is 0 Å². The number of nitrogens with zero attached hydrogens (tertiary/aromatic N) is 1. The lowest BCUT2D eigenvalue weighted by Gasteiger charge is -2.32. The van der Waals surface area contributed by atoms with Crippen molar-refractivity contribution >= 4 is 30.1 Å². The van der Waals surface area contributed by atoms with E-state index in [9.17, 15) is 18.0 Å². The summed E-state index contributed by atoms with van der Waals surface area (Å²) in [5.41, 5.74) is -1.58. The molecule has 1 aliphatic heterocycles. The third kappa shape index (κ3) is 5.19. The van der Waals surface area contributed by atoms with Gasteiger partial charge in [0.2, 0.25) is 0 Å². The van der Waals surface area contributed by atoms with Crippen molar-refractivity contribution in [1.29, 1.82) is 5.26 Å². The number of nitriles is 1. The first-order chi connectivity index (χ1) is 12.7. The normalized spacial score (nSPS) is 18.8. The van der Waals surface area contributed by atoms with Crippen molar-refractivity contribution in [3.8, 4) is 6.07 Å². The van der Waals surface area contributed by atoms with Crippen molar-refractivity contribution in [2.24, 2.45) is 0 Å². The Morgan fingerprint density at radius 1 is 1.21 bits per heavy atom. The Morgan fingerprint density at radius 2 is 1.79 bits per heavy atom. The summed E-state index contributed by atoms with van der Waals surface area (Å²) < 4.78 is 51.4. The van der Waals surface area contributed by atoms with Gasteiger partial charge in [-0.2, -0.15) is 18.4 Å². The van der Waals surface area contributed by atoms with Crippen LogP contribution in [-0.2, 0) is 20.3 Å². The molecule has 0 aliphatic carbocycles. The van der Waals surface area contributed by atoms with Crippen LogP contribution in [0, 0.1) is 11.3 Å². The number of carbonyl (C=O) groups excluding carboxylic acids is 1. The van der Waals surface area contributed by atoms with Gasteiger partial charge in [0.05, 0.1) is 28.4 Å². The molecule has 4 nitrogen and oxygen atoms in total. The maximum absolute atomic E-state index is 13.2. The van der Waals surface area contributed by atoms with Gasteiger partial charge >= 0.3 is 13.3 Å². The zero-order valence-corrected chi connectivity index (χ0v) is 17.1. The number of halogens is 3. The second kappa shape index (κ2) is 7.93. The molecule has 1 aromatic carbocycles. The number of carbonyl (C=O) groups is 1. The Hall–Kier alpha value is -1.76. The van der Waals surface area contributed by atoms with Gasteiger partial charge in [0.1, 0.15) is 0 Å². The molecule has 0 unspecified atom stereocenters. The molecule has 0 bridgehead atoms. The maximum atomic E-state index is 13.2. The molecule has 0 N–H and O–H groups in total. The highest BCUT2D eigenvalue weighted by Gasteiger charge is 2.52. The van der Waals surface area contributed by atoms with Gasteiger partial charge in [-0.15, -0.1) is 0 Å². The Balaban J connectivity index is 2.48. The predicted octanol–water partition coefficient (Wildman–Crippen LogP) is 4.87. The zero-order valence-electron chi connectivity index (χ0n) is 16.3. The SMILES string of the molecule is CC(=O)SCC(=Cc1cc(C#N)cc(C(F)(F)F)c1)B1OC(C)(C)C(C)(C)O1. The lowest BCUT2D eigenvalue weighted by molar-refractivity contribution is -0.137. The van der Waals surface area contributed by atoms with Crippen molar-refractivity contribution in [3.63, 3.8) is 0 Å². The Bertz CT molecular complexity index is 828. The van der Waals surface area contributed by atoms with Gasteiger partial charge < -0.3 is 9.31 Å². The Labute approximate surface area is 167 Å². The molecular formula is C19H21BF3NO3S. The summed E-state index contributed by atoms with van der Waals surface area (Å²) in [5, 5.41) is 8.94. The molecule has 0 saturated carbocycles. The summed E-state index contributed by atoms with van der Waals surface area (Å²) in [6.45, 7) is 8.85. The average Bonchev–Trinajstić information content (AvgIpc) is 2.77. The first-order valence-electron chi connectivity index (χ1n) is 8.57. The molecule has 1 aliphatic rings. The van der Waals surface area contributed by atoms with Crippen molar-refractivity contribution in [2.45, 2.75) is 52.0 Å². The van der Waals surface area contributed by atoms with E-state index in [1.165, 1.54) is 19.1 Å². The Kier molecular flexibility index (Phi) is 6.39. The molecule has 1 fully saturated rings. The largest absolute Gasteiger partial charge is 0.491 e. The topological polar surface area (TPSA) is 59.3 Å². The van der Waals surface area contributed by atoms with Gasteiger partial charge in [0.15, 0.2) is 5.12 Å². The van der Waals surface area contributed by atoms with E-state index in [0.29, 0.717) is 5.47 Å². The highest BCUT2D eigenvalue weighted by atomic mass is 32.2. The number of alkyl halides is 3. The van der Waals surface area contributed by atoms with Crippen LogP contribution in [-0.4, -0.2) is 29.2 Å². The van der Waals surface area contributed by atoms with Crippen molar-refractivity contribution in [1.82, 2.24) is 0 Å². The van der Waals surface area contributed by atoms with Gasteiger partial charge in [-0.25, -0.2) is 0 Å². The lowest BCUT2D eigenvalue weighted by atomic mass is 9.78. The summed E-state index contributed by atoms with van der Waals surface area (Å²) in [6.07, 6.45) is -3.08. The van der Waals surface area contributed by atoms with Gasteiger partial charge in [-0.05, 0) is 56.9 Å². The van der Waals surface area contributed by atoms with E-state index in [1.807, 2.05) is 27.7 Å². The summed E-state index contributed by atoms with van der Waals surface area (Å²) in [7, 11) is -0.808. The molecule has 1 heterocycles. The zero-order chi connectivity index (χ0) is 21.3. The fourth-order valence-corrected chi connectivity index (χ4v) is 3.12. The van der Waals surface area contributed by atoms with Crippen molar-refractivity contribution in [2.75, 3.05) is 5.75 Å². The number of rotatable bonds is 4. The highest BCUT2D eigenvalue weighted by Crippen LogP contribution is 2.39. The van der Waals surface area contributed by atoms with E-state index in [-0.39, 0.29) is 22.0 Å². The van der Waals surface area contributed by atoms with Crippen LogP contribution in [0.3, 0.4) is 0 Å². The summed E-state index contributed by atoms with van der Waals surface area (Å²) in [6, 6.07) is 4.87. The summed E-state index contributed by atoms with van der Waals surface area (Å²) in [4.78, 5) is 11.4. The van der Waals surface area contributed by atoms with Gasteiger partial charge in [-0.3, -0.25) is 4.79 Å². The molecule has 150 valence electrons. The van der Waals surface area contributed by atoms with Crippen LogP contribution in [0.15, 0.2) is 23.7 Å². The second-order valence-corrected chi connectivity index (χ2v) is 8.69. The van der Waals surface area contributed by atoms with Gasteiger partial charge in [0, 0.05) is 12.7 Å². The van der Waals surface area contributed by atoms with Gasteiger partial charge in [-0.1, -0.05) is 17.8 Å². The number of benzene rings is 1. The monoisotopic (exact) mass is 411 g/mol. The third-order valence-electron chi connectivity index (χ3n) is 4.76. The standard InChI is InChI=1S/C19H21BF3NO3S/c1-12(25)28-11-16(20-26-17(2,3)18(4,5)27-20)9-13-6-14(10-24)8-15(7-13)19(21,22)23/h6-9H,11H2,1-5H3. The smallest absolute Gasteiger partial charge is 0.400 e. The molecule has 1 saturated heterocycles. The molecule has 28 heavy (non-hydrogen) atoms. The molecule has 0 amide bonds. The minimum atomic E-state index is -4.58. The van der Waals surface area contributed by atoms with Crippen LogP contribution in [0.1, 0.15) is 51.3 Å². The third-order valence-corrected chi connectivity index (χ3v) is 5.65. The van der Waals surface area contributed by atoms with E-state index in [4.69, 9.17) is 14.6 Å². The first-order valence-corrected chi connectivity index (χ1v) is 9.55. The van der Waals surface area contributed by atoms with Crippen LogP contribution in [0.25, 0.3) is 6.08 Å². The molecule has 0 spiro atoms. The van der Waals surface area contributed by atoms with E-state index >= 15 is 0 Å². The molecule has 0 aromatic heterocycles. The van der Waals surface area contributed by atoms with Crippen LogP contribution in [0.2, 0.25) is 0 Å². The fourth-order valence-electron chi connectivity index (χ4n) is 2.53. The van der Waals surface area contributed by atoms with Crippen LogP contribution < -0.4 is 0 Å². The summed E-state index contributed by atoms with van der Waals surface area (Å²) >= 11 is 1.01. The molecule has 2 rings (SSSR count). The van der Waals surface area contributed by atoms with Crippen LogP contribution in [0.5, 0.6) is 0 Å². The number of thioether (sulfide) groups is 1. The van der Waals surface area contributed by atoms with Crippen molar-refractivity contribution in [3.05, 3.63) is 40.4 Å². The minimum Gasteiger partial charge on any atom is -0.400 e. The quantitative estimate of drug-likeness (QED) is 0.662. The number of hydrogen-bond acceptors (Lipinski definition) is 5. The molecule has 9 heteroatoms. The first kappa shape index (κ1) is 22.5. The van der Waals surface area contributed by atoms with E-state index in [0.717, 1.165) is 23.9 Å². The minimum absolute atomic E-state index is 0.103. The highest BCUT2D eigenvalue weighted by molar-refractivity contribution is 8.13. The average molecular weight is 411 g/mol.